The Bertz CT molecular complexity index is 622. The molecule has 6 nitrogen and oxygen atoms in total. The fourth-order valence-electron chi connectivity index (χ4n) is 2.33. The molecule has 0 saturated carbocycles. The second-order valence-corrected chi connectivity index (χ2v) is 4.70. The lowest BCUT2D eigenvalue weighted by Gasteiger charge is -2.25. The van der Waals surface area contributed by atoms with Crippen LogP contribution < -0.4 is 5.32 Å². The molecule has 3 heterocycles. The fourth-order valence-corrected chi connectivity index (χ4v) is 2.33. The lowest BCUT2D eigenvalue weighted by atomic mass is 10.1. The molecule has 0 saturated heterocycles. The van der Waals surface area contributed by atoms with E-state index in [4.69, 9.17) is 5.26 Å². The Morgan fingerprint density at radius 2 is 2.32 bits per heavy atom. The van der Waals surface area contributed by atoms with E-state index in [1.807, 2.05) is 13.0 Å². The molecular formula is C13H14N6. The van der Waals surface area contributed by atoms with Gasteiger partial charge < -0.3 is 9.88 Å². The van der Waals surface area contributed by atoms with E-state index in [2.05, 4.69) is 31.1 Å². The molecule has 1 aliphatic rings. The maximum absolute atomic E-state index is 8.74. The number of hydrogen-bond donors (Lipinski definition) is 1. The van der Waals surface area contributed by atoms with E-state index in [-0.39, 0.29) is 0 Å². The van der Waals surface area contributed by atoms with Crippen LogP contribution >= 0.6 is 0 Å². The van der Waals surface area contributed by atoms with Gasteiger partial charge in [-0.25, -0.2) is 4.98 Å². The highest BCUT2D eigenvalue weighted by Crippen LogP contribution is 2.17. The second kappa shape index (κ2) is 4.69. The minimum absolute atomic E-state index is 0.322. The quantitative estimate of drug-likeness (QED) is 0.873. The summed E-state index contributed by atoms with van der Waals surface area (Å²) in [5.41, 5.74) is 0.575. The van der Waals surface area contributed by atoms with Crippen molar-refractivity contribution in [3.8, 4) is 6.07 Å². The molecule has 1 atom stereocenters. The molecule has 3 rings (SSSR count). The Morgan fingerprint density at radius 3 is 3.05 bits per heavy atom. The van der Waals surface area contributed by atoms with Gasteiger partial charge in [-0.1, -0.05) is 0 Å². The van der Waals surface area contributed by atoms with E-state index in [1.54, 1.807) is 12.3 Å². The predicted molar refractivity (Wildman–Crippen MR) is 69.4 cm³/mol. The summed E-state index contributed by atoms with van der Waals surface area (Å²) in [6.07, 6.45) is 3.52. The molecule has 0 fully saturated rings. The lowest BCUT2D eigenvalue weighted by Crippen LogP contribution is -2.32. The number of nitrogens with one attached hydrogen (secondary N) is 1. The maximum atomic E-state index is 8.74. The zero-order chi connectivity index (χ0) is 13.2. The van der Waals surface area contributed by atoms with Crippen LogP contribution in [0.1, 0.15) is 23.6 Å². The van der Waals surface area contributed by atoms with Crippen molar-refractivity contribution in [1.82, 2.24) is 19.7 Å². The Labute approximate surface area is 111 Å². The van der Waals surface area contributed by atoms with Crippen LogP contribution in [0.4, 0.5) is 5.82 Å². The molecule has 0 aromatic carbocycles. The standard InChI is InChI=1S/C13H14N6/c1-9-17-18-13-5-3-11(8-19(9)13)16-12-4-2-10(6-14)7-15-12/h2,4,7,11H,3,5,8H2,1H3,(H,15,16). The molecule has 1 aliphatic heterocycles. The largest absolute Gasteiger partial charge is 0.366 e. The zero-order valence-electron chi connectivity index (χ0n) is 10.7. The third kappa shape index (κ3) is 2.27. The SMILES string of the molecule is Cc1nnc2n1CC(Nc1ccc(C#N)cn1)CC2. The van der Waals surface area contributed by atoms with E-state index in [1.165, 1.54) is 0 Å². The first-order valence-electron chi connectivity index (χ1n) is 6.27. The first-order chi connectivity index (χ1) is 9.26. The molecule has 1 N–H and O–H groups in total. The van der Waals surface area contributed by atoms with Crippen molar-refractivity contribution < 1.29 is 0 Å². The number of fused-ring (bicyclic) bond motifs is 1. The van der Waals surface area contributed by atoms with E-state index < -0.39 is 0 Å². The number of hydrogen-bond acceptors (Lipinski definition) is 5. The van der Waals surface area contributed by atoms with Crippen LogP contribution in [0, 0.1) is 18.3 Å². The lowest BCUT2D eigenvalue weighted by molar-refractivity contribution is 0.469. The first kappa shape index (κ1) is 11.7. The van der Waals surface area contributed by atoms with Gasteiger partial charge in [-0.3, -0.25) is 0 Å². The molecule has 0 spiro atoms. The molecule has 96 valence electrons. The van der Waals surface area contributed by atoms with Gasteiger partial charge in [0.15, 0.2) is 0 Å². The molecule has 0 amide bonds. The van der Waals surface area contributed by atoms with Crippen LogP contribution in [0.25, 0.3) is 0 Å². The molecule has 0 bridgehead atoms. The van der Waals surface area contributed by atoms with E-state index >= 15 is 0 Å². The van der Waals surface area contributed by atoms with Crippen LogP contribution in [0.5, 0.6) is 0 Å². The van der Waals surface area contributed by atoms with Crippen molar-refractivity contribution in [3.63, 3.8) is 0 Å². The van der Waals surface area contributed by atoms with Crippen molar-refractivity contribution in [2.45, 2.75) is 32.4 Å². The molecule has 2 aromatic rings. The highest BCUT2D eigenvalue weighted by molar-refractivity contribution is 5.39. The fraction of sp³-hybridized carbons (Fsp3) is 0.385. The minimum atomic E-state index is 0.322. The van der Waals surface area contributed by atoms with Crippen LogP contribution in [-0.4, -0.2) is 25.8 Å². The van der Waals surface area contributed by atoms with Gasteiger partial charge in [0.2, 0.25) is 0 Å². The second-order valence-electron chi connectivity index (χ2n) is 4.70. The summed E-state index contributed by atoms with van der Waals surface area (Å²) in [5.74, 6) is 2.82. The zero-order valence-corrected chi connectivity index (χ0v) is 10.7. The number of aromatic nitrogens is 4. The topological polar surface area (TPSA) is 79.4 Å². The summed E-state index contributed by atoms with van der Waals surface area (Å²) in [5, 5.41) is 20.4. The van der Waals surface area contributed by atoms with Crippen molar-refractivity contribution in [1.29, 1.82) is 5.26 Å². The van der Waals surface area contributed by atoms with E-state index in [0.717, 1.165) is 36.9 Å². The number of aryl methyl sites for hydroxylation is 2. The van der Waals surface area contributed by atoms with Gasteiger partial charge in [0.1, 0.15) is 23.5 Å². The van der Waals surface area contributed by atoms with Crippen LogP contribution in [-0.2, 0) is 13.0 Å². The smallest absolute Gasteiger partial charge is 0.133 e. The van der Waals surface area contributed by atoms with E-state index in [9.17, 15) is 0 Å². The maximum Gasteiger partial charge on any atom is 0.133 e. The third-order valence-corrected chi connectivity index (χ3v) is 3.38. The van der Waals surface area contributed by atoms with Gasteiger partial charge in [0.05, 0.1) is 5.56 Å². The molecule has 0 radical (unpaired) electrons. The van der Waals surface area contributed by atoms with Crippen LogP contribution in [0.15, 0.2) is 18.3 Å². The molecule has 2 aromatic heterocycles. The van der Waals surface area contributed by atoms with Crippen LogP contribution in [0.3, 0.4) is 0 Å². The predicted octanol–water partition coefficient (Wildman–Crippen LogP) is 1.28. The Kier molecular flexibility index (Phi) is 2.88. The summed E-state index contributed by atoms with van der Waals surface area (Å²) in [6.45, 7) is 2.83. The van der Waals surface area contributed by atoms with Gasteiger partial charge in [0, 0.05) is 25.2 Å². The third-order valence-electron chi connectivity index (χ3n) is 3.38. The number of pyridine rings is 1. The highest BCUT2D eigenvalue weighted by atomic mass is 15.3. The number of nitriles is 1. The average Bonchev–Trinajstić information content (AvgIpc) is 2.81. The average molecular weight is 254 g/mol. The van der Waals surface area contributed by atoms with Gasteiger partial charge in [-0.2, -0.15) is 5.26 Å². The first-order valence-corrected chi connectivity index (χ1v) is 6.27. The van der Waals surface area contributed by atoms with Gasteiger partial charge in [-0.15, -0.1) is 10.2 Å². The number of nitrogens with zero attached hydrogens (tertiary/aromatic N) is 5. The highest BCUT2D eigenvalue weighted by Gasteiger charge is 2.21. The molecule has 1 unspecified atom stereocenters. The molecule has 0 aliphatic carbocycles. The monoisotopic (exact) mass is 254 g/mol. The summed E-state index contributed by atoms with van der Waals surface area (Å²) >= 11 is 0. The summed E-state index contributed by atoms with van der Waals surface area (Å²) < 4.78 is 2.14. The van der Waals surface area contributed by atoms with Crippen molar-refractivity contribution >= 4 is 5.82 Å². The van der Waals surface area contributed by atoms with Crippen molar-refractivity contribution in [2.75, 3.05) is 5.32 Å². The Morgan fingerprint density at radius 1 is 1.42 bits per heavy atom. The number of rotatable bonds is 2. The summed E-state index contributed by atoms with van der Waals surface area (Å²) in [4.78, 5) is 4.24. The Balaban J connectivity index is 1.71. The van der Waals surface area contributed by atoms with Gasteiger partial charge >= 0.3 is 0 Å². The van der Waals surface area contributed by atoms with Gasteiger partial charge in [0.25, 0.3) is 0 Å². The molecular weight excluding hydrogens is 240 g/mol. The molecule has 19 heavy (non-hydrogen) atoms. The minimum Gasteiger partial charge on any atom is -0.366 e. The van der Waals surface area contributed by atoms with Crippen LogP contribution in [0.2, 0.25) is 0 Å². The molecule has 6 heteroatoms. The van der Waals surface area contributed by atoms with Gasteiger partial charge in [-0.05, 0) is 25.5 Å². The normalized spacial score (nSPS) is 17.6. The van der Waals surface area contributed by atoms with E-state index in [0.29, 0.717) is 11.6 Å². The summed E-state index contributed by atoms with van der Waals surface area (Å²) in [6, 6.07) is 6.00. The Hall–Kier alpha value is -2.42. The van der Waals surface area contributed by atoms with Crippen molar-refractivity contribution in [2.24, 2.45) is 0 Å². The summed E-state index contributed by atoms with van der Waals surface area (Å²) in [7, 11) is 0. The number of anilines is 1. The van der Waals surface area contributed by atoms with Crippen molar-refractivity contribution in [3.05, 3.63) is 35.5 Å².